The molecule has 70 heavy (non-hydrogen) atoms. The number of unbranched alkanes of at least 4 members (excludes halogenated alkanes) is 20. The molecule has 0 saturated heterocycles. The molecule has 0 aromatic carbocycles. The molecule has 0 aromatic heterocycles. The smallest absolute Gasteiger partial charge is 0.328 e. The maximum absolute atomic E-state index is 14.0. The van der Waals surface area contributed by atoms with E-state index in [2.05, 4.69) is 66.8 Å². The van der Waals surface area contributed by atoms with Gasteiger partial charge in [-0.15, -0.1) is 0 Å². The third kappa shape index (κ3) is 20.5. The lowest BCUT2D eigenvalue weighted by molar-refractivity contribution is -0.153. The standard InChI is InChI=1S/C64H115NO5/c1-9-12-15-18-21-23-25-28-31-37-60(66)65-59(62(68)69-49-52(35-29-26-20-17-14-11-3)36-30-27-24-22-19-16-13-10-2)42-43-61(67)70-54-44-46-63(7)53(48-54)38-39-55-57-41-40-56(51(6)34-32-33-50(4)5)64(57,8)47-45-58(55)63/h38,50-52,54-59H,9-37,39-49H2,1-8H3,(H,65,66)/t51-,52?,54+,55+,56-,57+,58+,59+,63+,64-/m1/s1. The third-order valence-corrected chi connectivity index (χ3v) is 19.2. The minimum Gasteiger partial charge on any atom is -0.464 e. The van der Waals surface area contributed by atoms with Gasteiger partial charge in [0.1, 0.15) is 12.1 Å². The summed E-state index contributed by atoms with van der Waals surface area (Å²) >= 11 is 0. The van der Waals surface area contributed by atoms with Crippen LogP contribution in [0.1, 0.15) is 306 Å². The summed E-state index contributed by atoms with van der Waals surface area (Å²) in [6.07, 6.45) is 47.6. The summed E-state index contributed by atoms with van der Waals surface area (Å²) in [5.74, 6) is 4.42. The number of rotatable bonds is 39. The van der Waals surface area contributed by atoms with E-state index in [1.807, 2.05) is 0 Å². The minimum atomic E-state index is -0.834. The Hall–Kier alpha value is -1.85. The SMILES string of the molecule is CCCCCCCCCCCC(=O)N[C@@H](CCC(=O)O[C@H]1CC[C@@]2(C)C(=CC[C@H]3[C@@H]4CC[C@H]([C@H](C)CCCC(C)C)[C@@]4(C)CC[C@@H]32)C1)C(=O)OCC(CCCCCCCC)CCCCCCCCCC. The molecule has 0 aromatic rings. The summed E-state index contributed by atoms with van der Waals surface area (Å²) in [4.78, 5) is 41.1. The predicted octanol–water partition coefficient (Wildman–Crippen LogP) is 18.6. The Kier molecular flexibility index (Phi) is 29.4. The zero-order chi connectivity index (χ0) is 50.6. The molecule has 406 valence electrons. The van der Waals surface area contributed by atoms with Gasteiger partial charge >= 0.3 is 11.9 Å². The summed E-state index contributed by atoms with van der Waals surface area (Å²) in [5.41, 5.74) is 2.21. The molecule has 3 saturated carbocycles. The molecule has 4 aliphatic carbocycles. The number of fused-ring (bicyclic) bond motifs is 5. The van der Waals surface area contributed by atoms with E-state index >= 15 is 0 Å². The van der Waals surface area contributed by atoms with Crippen molar-refractivity contribution in [1.29, 1.82) is 0 Å². The normalized spacial score (nSPS) is 26.4. The van der Waals surface area contributed by atoms with Crippen molar-refractivity contribution in [3.63, 3.8) is 0 Å². The molecule has 4 aliphatic rings. The van der Waals surface area contributed by atoms with Gasteiger partial charge in [0.15, 0.2) is 0 Å². The molecule has 0 aliphatic heterocycles. The second-order valence-electron chi connectivity index (χ2n) is 25.2. The Balaban J connectivity index is 1.31. The van der Waals surface area contributed by atoms with Crippen molar-refractivity contribution < 1.29 is 23.9 Å². The molecule has 0 bridgehead atoms. The molecule has 4 rings (SSSR count). The average molecular weight is 979 g/mol. The van der Waals surface area contributed by atoms with Crippen LogP contribution in [0.2, 0.25) is 0 Å². The fourth-order valence-electron chi connectivity index (χ4n) is 14.8. The Morgan fingerprint density at radius 2 is 1.19 bits per heavy atom. The molecule has 3 fully saturated rings. The van der Waals surface area contributed by atoms with E-state index in [9.17, 15) is 14.4 Å². The molecule has 10 atom stereocenters. The first kappa shape index (κ1) is 60.7. The van der Waals surface area contributed by atoms with Gasteiger partial charge in [0.25, 0.3) is 0 Å². The number of carbonyl (C=O) groups is 3. The van der Waals surface area contributed by atoms with Crippen LogP contribution >= 0.6 is 0 Å². The van der Waals surface area contributed by atoms with Crippen molar-refractivity contribution >= 4 is 17.8 Å². The molecule has 1 unspecified atom stereocenters. The first-order valence-electron chi connectivity index (χ1n) is 31.2. The number of esters is 2. The summed E-state index contributed by atoms with van der Waals surface area (Å²) < 4.78 is 12.4. The highest BCUT2D eigenvalue weighted by Gasteiger charge is 2.59. The van der Waals surface area contributed by atoms with Crippen LogP contribution in [-0.4, -0.2) is 36.6 Å². The second kappa shape index (κ2) is 33.9. The maximum atomic E-state index is 14.0. The Morgan fingerprint density at radius 1 is 0.614 bits per heavy atom. The van der Waals surface area contributed by atoms with E-state index in [1.165, 1.54) is 185 Å². The van der Waals surface area contributed by atoms with E-state index in [1.54, 1.807) is 0 Å². The van der Waals surface area contributed by atoms with Crippen molar-refractivity contribution in [2.45, 2.75) is 318 Å². The van der Waals surface area contributed by atoms with Crippen molar-refractivity contribution in [2.24, 2.45) is 52.3 Å². The summed E-state index contributed by atoms with van der Waals surface area (Å²) in [6, 6.07) is -0.834. The van der Waals surface area contributed by atoms with Crippen LogP contribution in [0.5, 0.6) is 0 Å². The third-order valence-electron chi connectivity index (χ3n) is 19.2. The number of nitrogens with one attached hydrogen (secondary N) is 1. The van der Waals surface area contributed by atoms with Gasteiger partial charge in [-0.1, -0.05) is 228 Å². The predicted molar refractivity (Wildman–Crippen MR) is 296 cm³/mol. The zero-order valence-corrected chi connectivity index (χ0v) is 47.6. The quantitative estimate of drug-likeness (QED) is 0.0377. The van der Waals surface area contributed by atoms with E-state index < -0.39 is 6.04 Å². The molecule has 6 heteroatoms. The number of ether oxygens (including phenoxy) is 2. The van der Waals surface area contributed by atoms with Crippen LogP contribution in [-0.2, 0) is 23.9 Å². The zero-order valence-electron chi connectivity index (χ0n) is 47.6. The fraction of sp³-hybridized carbons (Fsp3) is 0.922. The second-order valence-corrected chi connectivity index (χ2v) is 25.2. The van der Waals surface area contributed by atoms with Gasteiger partial charge in [0.05, 0.1) is 6.61 Å². The van der Waals surface area contributed by atoms with E-state index in [0.29, 0.717) is 24.4 Å². The molecule has 0 radical (unpaired) electrons. The number of allylic oxidation sites excluding steroid dienone is 1. The van der Waals surface area contributed by atoms with Gasteiger partial charge in [0, 0.05) is 19.3 Å². The van der Waals surface area contributed by atoms with Gasteiger partial charge in [-0.2, -0.15) is 0 Å². The van der Waals surface area contributed by atoms with Crippen LogP contribution in [0, 0.1) is 52.3 Å². The molecule has 0 heterocycles. The van der Waals surface area contributed by atoms with Crippen LogP contribution < -0.4 is 5.32 Å². The van der Waals surface area contributed by atoms with Crippen molar-refractivity contribution in [3.8, 4) is 0 Å². The summed E-state index contributed by atoms with van der Waals surface area (Å²) in [7, 11) is 0. The average Bonchev–Trinajstić information content (AvgIpc) is 3.70. The maximum Gasteiger partial charge on any atom is 0.328 e. The van der Waals surface area contributed by atoms with Gasteiger partial charge < -0.3 is 14.8 Å². The molecule has 6 nitrogen and oxygen atoms in total. The van der Waals surface area contributed by atoms with Gasteiger partial charge in [0.2, 0.25) is 5.91 Å². The monoisotopic (exact) mass is 978 g/mol. The lowest BCUT2D eigenvalue weighted by Crippen LogP contribution is -2.51. The lowest BCUT2D eigenvalue weighted by Gasteiger charge is -2.58. The topological polar surface area (TPSA) is 81.7 Å². The first-order chi connectivity index (χ1) is 33.9. The fourth-order valence-corrected chi connectivity index (χ4v) is 14.8. The number of amides is 1. The highest BCUT2D eigenvalue weighted by Crippen LogP contribution is 2.67. The van der Waals surface area contributed by atoms with E-state index in [-0.39, 0.29) is 42.2 Å². The van der Waals surface area contributed by atoms with Crippen LogP contribution in [0.25, 0.3) is 0 Å². The van der Waals surface area contributed by atoms with Crippen molar-refractivity contribution in [2.75, 3.05) is 6.61 Å². The van der Waals surface area contributed by atoms with Gasteiger partial charge in [-0.25, -0.2) is 4.79 Å². The molecular formula is C64H115NO5. The minimum absolute atomic E-state index is 0.104. The number of hydrogen-bond acceptors (Lipinski definition) is 5. The van der Waals surface area contributed by atoms with Crippen LogP contribution in [0.4, 0.5) is 0 Å². The van der Waals surface area contributed by atoms with Crippen LogP contribution in [0.15, 0.2) is 11.6 Å². The van der Waals surface area contributed by atoms with Gasteiger partial charge in [-0.05, 0) is 123 Å². The Bertz CT molecular complexity index is 1470. The number of hydrogen-bond donors (Lipinski definition) is 1. The van der Waals surface area contributed by atoms with Crippen molar-refractivity contribution in [1.82, 2.24) is 5.32 Å². The summed E-state index contributed by atoms with van der Waals surface area (Å²) in [5, 5.41) is 3.06. The number of carbonyl (C=O) groups excluding carboxylic acids is 3. The summed E-state index contributed by atoms with van der Waals surface area (Å²) in [6.45, 7) is 19.7. The molecule has 1 amide bonds. The largest absolute Gasteiger partial charge is 0.464 e. The molecule has 1 N–H and O–H groups in total. The van der Waals surface area contributed by atoms with Crippen LogP contribution in [0.3, 0.4) is 0 Å². The highest BCUT2D eigenvalue weighted by atomic mass is 16.5. The molecule has 0 spiro atoms. The lowest BCUT2D eigenvalue weighted by atomic mass is 9.47. The van der Waals surface area contributed by atoms with E-state index in [4.69, 9.17) is 9.47 Å². The van der Waals surface area contributed by atoms with Crippen molar-refractivity contribution in [3.05, 3.63) is 11.6 Å². The van der Waals surface area contributed by atoms with Gasteiger partial charge in [-0.3, -0.25) is 9.59 Å². The van der Waals surface area contributed by atoms with E-state index in [0.717, 1.165) is 86.9 Å². The first-order valence-corrected chi connectivity index (χ1v) is 31.2. The Morgan fingerprint density at radius 3 is 1.77 bits per heavy atom. The highest BCUT2D eigenvalue weighted by molar-refractivity contribution is 5.85. The Labute approximate surface area is 433 Å². The molecular weight excluding hydrogens is 863 g/mol.